The first-order valence-electron chi connectivity index (χ1n) is 5.97. The van der Waals surface area contributed by atoms with E-state index < -0.39 is 0 Å². The Morgan fingerprint density at radius 1 is 1.58 bits per heavy atom. The number of H-pyrrole nitrogens is 1. The van der Waals surface area contributed by atoms with Crippen LogP contribution in [0.5, 0.6) is 0 Å². The Bertz CT molecular complexity index is 578. The molecule has 4 N–H and O–H groups in total. The monoisotopic (exact) mass is 342 g/mol. The van der Waals surface area contributed by atoms with Gasteiger partial charge in [0.2, 0.25) is 0 Å². The predicted molar refractivity (Wildman–Crippen MR) is 80.2 cm³/mol. The van der Waals surface area contributed by atoms with Gasteiger partial charge in [0, 0.05) is 4.88 Å². The summed E-state index contributed by atoms with van der Waals surface area (Å²) in [6.45, 7) is 2.53. The van der Waals surface area contributed by atoms with Gasteiger partial charge in [-0.2, -0.15) is 5.10 Å². The average Bonchev–Trinajstić information content (AvgIpc) is 2.95. The second-order valence-electron chi connectivity index (χ2n) is 4.10. The molecule has 0 unspecified atom stereocenters. The van der Waals surface area contributed by atoms with E-state index in [0.29, 0.717) is 12.2 Å². The topological polar surface area (TPSA) is 83.8 Å². The Morgan fingerprint density at radius 2 is 2.37 bits per heavy atom. The van der Waals surface area contributed by atoms with Crippen LogP contribution in [0.3, 0.4) is 0 Å². The minimum Gasteiger partial charge on any atom is -0.395 e. The highest BCUT2D eigenvalue weighted by Gasteiger charge is 2.16. The van der Waals surface area contributed by atoms with Gasteiger partial charge in [0.1, 0.15) is 0 Å². The lowest BCUT2D eigenvalue weighted by atomic mass is 10.2. The van der Waals surface area contributed by atoms with Gasteiger partial charge in [-0.15, -0.1) is 11.3 Å². The first-order chi connectivity index (χ1) is 9.11. The van der Waals surface area contributed by atoms with Gasteiger partial charge in [-0.1, -0.05) is 13.3 Å². The number of nitrogen functional groups attached to an aromatic ring is 1. The number of nitrogens with zero attached hydrogens (tertiary/aromatic N) is 1. The molecule has 0 aliphatic rings. The van der Waals surface area contributed by atoms with E-state index in [1.54, 1.807) is 11.3 Å². The molecule has 2 rings (SSSR count). The number of amides is 1. The second-order valence-corrected chi connectivity index (χ2v) is 6.65. The average molecular weight is 343 g/mol. The highest BCUT2D eigenvalue weighted by atomic mass is 79.9. The first kappa shape index (κ1) is 14.1. The molecule has 5 nitrogen and oxygen atoms in total. The van der Waals surface area contributed by atoms with Crippen LogP contribution in [0.15, 0.2) is 15.9 Å². The van der Waals surface area contributed by atoms with E-state index in [1.807, 2.05) is 12.1 Å². The maximum absolute atomic E-state index is 12.0. The Hall–Kier alpha value is -1.34. The van der Waals surface area contributed by atoms with E-state index in [1.165, 1.54) is 0 Å². The number of aromatic amines is 1. The zero-order valence-electron chi connectivity index (χ0n) is 10.5. The predicted octanol–water partition coefficient (Wildman–Crippen LogP) is 2.70. The minimum absolute atomic E-state index is 0.249. The van der Waals surface area contributed by atoms with Gasteiger partial charge >= 0.3 is 0 Å². The van der Waals surface area contributed by atoms with Crippen LogP contribution in [0.1, 0.15) is 34.4 Å². The van der Waals surface area contributed by atoms with Crippen LogP contribution >= 0.6 is 27.3 Å². The fourth-order valence-corrected chi connectivity index (χ4v) is 3.12. The molecule has 0 aliphatic heterocycles. The fourth-order valence-electron chi connectivity index (χ4n) is 1.70. The summed E-state index contributed by atoms with van der Waals surface area (Å²) in [6, 6.07) is 3.92. The molecule has 2 heterocycles. The molecule has 1 amide bonds. The van der Waals surface area contributed by atoms with Crippen molar-refractivity contribution >= 4 is 38.9 Å². The largest absolute Gasteiger partial charge is 0.395 e. The summed E-state index contributed by atoms with van der Waals surface area (Å²) in [5, 5.41) is 9.61. The number of nitrogens with two attached hydrogens (primary N) is 1. The number of aromatic nitrogens is 2. The summed E-state index contributed by atoms with van der Waals surface area (Å²) >= 11 is 4.97. The molecule has 7 heteroatoms. The molecule has 2 aromatic heterocycles. The molecule has 0 fully saturated rings. The molecule has 0 radical (unpaired) electrons. The van der Waals surface area contributed by atoms with Crippen LogP contribution in [0.2, 0.25) is 0 Å². The molecule has 0 bridgehead atoms. The molecule has 19 heavy (non-hydrogen) atoms. The summed E-state index contributed by atoms with van der Waals surface area (Å²) in [4.78, 5) is 13.1. The van der Waals surface area contributed by atoms with Crippen LogP contribution in [0.25, 0.3) is 0 Å². The Morgan fingerprint density at radius 3 is 3.00 bits per heavy atom. The smallest absolute Gasteiger partial charge is 0.274 e. The fraction of sp³-hybridized carbons (Fsp3) is 0.333. The van der Waals surface area contributed by atoms with Crippen molar-refractivity contribution in [1.29, 1.82) is 0 Å². The van der Waals surface area contributed by atoms with Crippen molar-refractivity contribution in [3.8, 4) is 0 Å². The van der Waals surface area contributed by atoms with Crippen molar-refractivity contribution in [2.24, 2.45) is 0 Å². The van der Waals surface area contributed by atoms with Crippen LogP contribution in [-0.2, 0) is 13.0 Å². The lowest BCUT2D eigenvalue weighted by Gasteiger charge is -2.02. The maximum Gasteiger partial charge on any atom is 0.274 e. The number of carbonyl (C=O) groups excluding carboxylic acids is 1. The van der Waals surface area contributed by atoms with E-state index in [2.05, 4.69) is 38.4 Å². The Balaban J connectivity index is 2.00. The minimum atomic E-state index is -0.249. The number of nitrogens with one attached hydrogen (secondary N) is 2. The number of hydrogen-bond acceptors (Lipinski definition) is 4. The highest BCUT2D eigenvalue weighted by molar-refractivity contribution is 9.11. The number of anilines is 1. The molecule has 0 saturated carbocycles. The van der Waals surface area contributed by atoms with E-state index in [-0.39, 0.29) is 11.6 Å². The lowest BCUT2D eigenvalue weighted by molar-refractivity contribution is 0.0947. The van der Waals surface area contributed by atoms with Crippen molar-refractivity contribution in [2.75, 3.05) is 5.73 Å². The van der Waals surface area contributed by atoms with Gasteiger partial charge in [0.05, 0.1) is 21.7 Å². The van der Waals surface area contributed by atoms with Crippen LogP contribution in [0, 0.1) is 0 Å². The molecule has 0 aliphatic carbocycles. The van der Waals surface area contributed by atoms with E-state index in [9.17, 15) is 4.79 Å². The standard InChI is InChI=1S/C12H15BrN4OS/c1-2-3-8-10(14)11(17-16-8)12(18)15-6-7-4-5-9(13)19-7/h4-5H,2-3,6,14H2,1H3,(H,15,18)(H,16,17). The van der Waals surface area contributed by atoms with E-state index in [4.69, 9.17) is 5.73 Å². The summed E-state index contributed by atoms with van der Waals surface area (Å²) < 4.78 is 1.04. The highest BCUT2D eigenvalue weighted by Crippen LogP contribution is 2.22. The second kappa shape index (κ2) is 6.21. The van der Waals surface area contributed by atoms with Gasteiger partial charge in [-0.3, -0.25) is 9.89 Å². The summed E-state index contributed by atoms with van der Waals surface area (Å²) in [5.74, 6) is -0.249. The van der Waals surface area contributed by atoms with Gasteiger partial charge in [-0.25, -0.2) is 0 Å². The zero-order valence-corrected chi connectivity index (χ0v) is 12.9. The zero-order chi connectivity index (χ0) is 13.8. The molecule has 102 valence electrons. The van der Waals surface area contributed by atoms with Crippen molar-refractivity contribution in [3.63, 3.8) is 0 Å². The normalized spacial score (nSPS) is 10.6. The van der Waals surface area contributed by atoms with Crippen molar-refractivity contribution < 1.29 is 4.79 Å². The van der Waals surface area contributed by atoms with Gasteiger partial charge in [-0.05, 0) is 34.5 Å². The number of rotatable bonds is 5. The summed E-state index contributed by atoms with van der Waals surface area (Å²) in [7, 11) is 0. The number of hydrogen-bond donors (Lipinski definition) is 3. The van der Waals surface area contributed by atoms with Gasteiger partial charge in [0.25, 0.3) is 5.91 Å². The number of aryl methyl sites for hydroxylation is 1. The Kier molecular flexibility index (Phi) is 4.60. The van der Waals surface area contributed by atoms with Crippen LogP contribution < -0.4 is 11.1 Å². The molecule has 0 aromatic carbocycles. The quantitative estimate of drug-likeness (QED) is 0.780. The van der Waals surface area contributed by atoms with Crippen molar-refractivity contribution in [2.45, 2.75) is 26.3 Å². The SMILES string of the molecule is CCCc1[nH]nc(C(=O)NCc2ccc(Br)s2)c1N. The van der Waals surface area contributed by atoms with Crippen LogP contribution in [-0.4, -0.2) is 16.1 Å². The maximum atomic E-state index is 12.0. The van der Waals surface area contributed by atoms with Crippen molar-refractivity contribution in [1.82, 2.24) is 15.5 Å². The molecule has 0 atom stereocenters. The van der Waals surface area contributed by atoms with E-state index in [0.717, 1.165) is 27.2 Å². The lowest BCUT2D eigenvalue weighted by Crippen LogP contribution is -2.23. The van der Waals surface area contributed by atoms with Crippen molar-refractivity contribution in [3.05, 3.63) is 32.2 Å². The molecule has 2 aromatic rings. The third-order valence-electron chi connectivity index (χ3n) is 2.65. The molecule has 0 spiro atoms. The number of thiophene rings is 1. The van der Waals surface area contributed by atoms with E-state index >= 15 is 0 Å². The third-order valence-corrected chi connectivity index (χ3v) is 4.27. The Labute approximate surface area is 123 Å². The third kappa shape index (κ3) is 3.36. The molecule has 0 saturated heterocycles. The van der Waals surface area contributed by atoms with Gasteiger partial charge in [0.15, 0.2) is 5.69 Å². The number of carbonyl (C=O) groups is 1. The molecular formula is C12H15BrN4OS. The summed E-state index contributed by atoms with van der Waals surface area (Å²) in [6.07, 6.45) is 1.75. The molecular weight excluding hydrogens is 328 g/mol. The van der Waals surface area contributed by atoms with Gasteiger partial charge < -0.3 is 11.1 Å². The first-order valence-corrected chi connectivity index (χ1v) is 7.58. The van der Waals surface area contributed by atoms with Crippen LogP contribution in [0.4, 0.5) is 5.69 Å². The summed E-state index contributed by atoms with van der Waals surface area (Å²) in [5.41, 5.74) is 7.46. The number of halogens is 1.